The lowest BCUT2D eigenvalue weighted by molar-refractivity contribution is -0.120. The first-order valence-electron chi connectivity index (χ1n) is 8.20. The Morgan fingerprint density at radius 3 is 3.04 bits per heavy atom. The van der Waals surface area contributed by atoms with Gasteiger partial charge in [0.2, 0.25) is 0 Å². The normalized spacial score (nSPS) is 17.5. The van der Waals surface area contributed by atoms with E-state index in [4.69, 9.17) is 4.98 Å². The molecule has 0 saturated carbocycles. The third-order valence-electron chi connectivity index (χ3n) is 4.44. The van der Waals surface area contributed by atoms with E-state index in [0.717, 1.165) is 47.2 Å². The van der Waals surface area contributed by atoms with Gasteiger partial charge in [0.05, 0.1) is 29.9 Å². The summed E-state index contributed by atoms with van der Waals surface area (Å²) in [5.41, 5.74) is 3.48. The summed E-state index contributed by atoms with van der Waals surface area (Å²) in [6.07, 6.45) is 7.87. The summed E-state index contributed by atoms with van der Waals surface area (Å²) < 4.78 is 1.76. The maximum absolute atomic E-state index is 12.3. The van der Waals surface area contributed by atoms with Gasteiger partial charge in [0.25, 0.3) is 0 Å². The average molecular weight is 321 g/mol. The average Bonchev–Trinajstić information content (AvgIpc) is 3.25. The summed E-state index contributed by atoms with van der Waals surface area (Å²) in [4.78, 5) is 21.4. The first-order valence-corrected chi connectivity index (χ1v) is 8.20. The summed E-state index contributed by atoms with van der Waals surface area (Å²) in [5, 5.41) is 8.40. The molecular formula is C18H19N5O. The molecule has 0 bridgehead atoms. The molecule has 1 saturated heterocycles. The second-order valence-electron chi connectivity index (χ2n) is 6.26. The molecule has 6 heteroatoms. The van der Waals surface area contributed by atoms with Crippen molar-refractivity contribution < 1.29 is 4.79 Å². The summed E-state index contributed by atoms with van der Waals surface area (Å²) in [6, 6.07) is 5.87. The van der Waals surface area contributed by atoms with Crippen molar-refractivity contribution in [3.8, 4) is 11.3 Å². The van der Waals surface area contributed by atoms with Gasteiger partial charge in [0.15, 0.2) is 5.78 Å². The van der Waals surface area contributed by atoms with Crippen LogP contribution in [-0.4, -0.2) is 38.1 Å². The molecule has 1 N–H and O–H groups in total. The van der Waals surface area contributed by atoms with Crippen LogP contribution in [0.4, 0.5) is 0 Å². The van der Waals surface area contributed by atoms with Gasteiger partial charge >= 0.3 is 0 Å². The number of hydrogen-bond acceptors (Lipinski definition) is 5. The molecule has 4 rings (SSSR count). The fraction of sp³-hybridized carbons (Fsp3) is 0.333. The summed E-state index contributed by atoms with van der Waals surface area (Å²) >= 11 is 0. The Bertz CT molecular complexity index is 895. The van der Waals surface area contributed by atoms with Crippen LogP contribution in [-0.2, 0) is 18.3 Å². The van der Waals surface area contributed by atoms with Gasteiger partial charge in [-0.1, -0.05) is 0 Å². The zero-order chi connectivity index (χ0) is 16.5. The molecule has 1 fully saturated rings. The third kappa shape index (κ3) is 2.92. The van der Waals surface area contributed by atoms with Crippen LogP contribution in [0.25, 0.3) is 22.2 Å². The molecule has 6 nitrogen and oxygen atoms in total. The highest BCUT2D eigenvalue weighted by atomic mass is 16.1. The minimum Gasteiger partial charge on any atom is -0.307 e. The Balaban J connectivity index is 1.62. The number of fused-ring (bicyclic) bond motifs is 1. The maximum Gasteiger partial charge on any atom is 0.155 e. The molecule has 24 heavy (non-hydrogen) atoms. The quantitative estimate of drug-likeness (QED) is 0.794. The minimum atomic E-state index is -0.0165. The van der Waals surface area contributed by atoms with Crippen LogP contribution in [0.3, 0.4) is 0 Å². The summed E-state index contributed by atoms with van der Waals surface area (Å²) in [5.74, 6) is 0.211. The number of pyridine rings is 2. The van der Waals surface area contributed by atoms with E-state index in [1.807, 2.05) is 31.4 Å². The lowest BCUT2D eigenvalue weighted by atomic mass is 10.1. The molecule has 3 aromatic heterocycles. The van der Waals surface area contributed by atoms with E-state index in [0.29, 0.717) is 6.42 Å². The predicted octanol–water partition coefficient (Wildman–Crippen LogP) is 1.89. The Kier molecular flexibility index (Phi) is 3.82. The van der Waals surface area contributed by atoms with Crippen LogP contribution in [0.2, 0.25) is 0 Å². The van der Waals surface area contributed by atoms with Gasteiger partial charge in [0.1, 0.15) is 0 Å². The van der Waals surface area contributed by atoms with Crippen molar-refractivity contribution >= 4 is 16.7 Å². The van der Waals surface area contributed by atoms with E-state index in [-0.39, 0.29) is 11.8 Å². The Hall–Kier alpha value is -2.60. The molecule has 3 aromatic rings. The van der Waals surface area contributed by atoms with Crippen LogP contribution in [0, 0.1) is 0 Å². The summed E-state index contributed by atoms with van der Waals surface area (Å²) in [6.45, 7) is 0.928. The largest absolute Gasteiger partial charge is 0.307 e. The van der Waals surface area contributed by atoms with Gasteiger partial charge in [0, 0.05) is 36.1 Å². The van der Waals surface area contributed by atoms with Crippen LogP contribution in [0.15, 0.2) is 36.8 Å². The molecule has 4 heterocycles. The second-order valence-corrected chi connectivity index (χ2v) is 6.26. The molecule has 122 valence electrons. The SMILES string of the molecule is Cn1cc(-c2ccc3cnc(CC(=O)[C@H]4CCCN4)cc3n2)cn1. The molecule has 0 aromatic carbocycles. The van der Waals surface area contributed by atoms with E-state index in [1.54, 1.807) is 17.1 Å². The molecule has 0 radical (unpaired) electrons. The molecule has 0 spiro atoms. The predicted molar refractivity (Wildman–Crippen MR) is 91.5 cm³/mol. The first-order chi connectivity index (χ1) is 11.7. The first kappa shape index (κ1) is 15.0. The summed E-state index contributed by atoms with van der Waals surface area (Å²) in [7, 11) is 1.88. The Morgan fingerprint density at radius 2 is 2.29 bits per heavy atom. The lowest BCUT2D eigenvalue weighted by Gasteiger charge is -2.09. The van der Waals surface area contributed by atoms with Gasteiger partial charge in [-0.05, 0) is 37.6 Å². The van der Waals surface area contributed by atoms with Gasteiger partial charge in [-0.25, -0.2) is 4.98 Å². The van der Waals surface area contributed by atoms with Crippen molar-refractivity contribution in [3.63, 3.8) is 0 Å². The molecule has 1 atom stereocenters. The van der Waals surface area contributed by atoms with Crippen molar-refractivity contribution in [2.24, 2.45) is 7.05 Å². The molecule has 0 unspecified atom stereocenters. The topological polar surface area (TPSA) is 72.7 Å². The van der Waals surface area contributed by atoms with Crippen LogP contribution in [0.5, 0.6) is 0 Å². The Morgan fingerprint density at radius 1 is 1.38 bits per heavy atom. The fourth-order valence-electron chi connectivity index (χ4n) is 3.13. The number of carbonyl (C=O) groups excluding carboxylic acids is 1. The third-order valence-corrected chi connectivity index (χ3v) is 4.44. The molecule has 1 aliphatic heterocycles. The van der Waals surface area contributed by atoms with E-state index < -0.39 is 0 Å². The van der Waals surface area contributed by atoms with Gasteiger partial charge in [-0.2, -0.15) is 5.10 Å². The lowest BCUT2D eigenvalue weighted by Crippen LogP contribution is -2.32. The Labute approximate surface area is 139 Å². The monoisotopic (exact) mass is 321 g/mol. The van der Waals surface area contributed by atoms with Gasteiger partial charge in [-0.3, -0.25) is 14.5 Å². The maximum atomic E-state index is 12.3. The van der Waals surface area contributed by atoms with Crippen molar-refractivity contribution in [2.75, 3.05) is 6.54 Å². The zero-order valence-corrected chi connectivity index (χ0v) is 13.6. The molecule has 0 amide bonds. The number of nitrogens with zero attached hydrogens (tertiary/aromatic N) is 4. The van der Waals surface area contributed by atoms with Crippen molar-refractivity contribution in [1.82, 2.24) is 25.1 Å². The van der Waals surface area contributed by atoms with Crippen molar-refractivity contribution in [1.29, 1.82) is 0 Å². The number of hydrogen-bond donors (Lipinski definition) is 1. The van der Waals surface area contributed by atoms with E-state index in [1.165, 1.54) is 0 Å². The van der Waals surface area contributed by atoms with Crippen molar-refractivity contribution in [3.05, 3.63) is 42.5 Å². The van der Waals surface area contributed by atoms with Crippen LogP contribution in [0.1, 0.15) is 18.5 Å². The van der Waals surface area contributed by atoms with Crippen molar-refractivity contribution in [2.45, 2.75) is 25.3 Å². The number of ketones is 1. The molecule has 0 aliphatic carbocycles. The van der Waals surface area contributed by atoms with Crippen LogP contribution < -0.4 is 5.32 Å². The zero-order valence-electron chi connectivity index (χ0n) is 13.6. The van der Waals surface area contributed by atoms with E-state index >= 15 is 0 Å². The second kappa shape index (κ2) is 6.13. The van der Waals surface area contributed by atoms with Crippen LogP contribution >= 0.6 is 0 Å². The fourth-order valence-corrected chi connectivity index (χ4v) is 3.13. The van der Waals surface area contributed by atoms with E-state index in [2.05, 4.69) is 15.4 Å². The number of rotatable bonds is 4. The smallest absolute Gasteiger partial charge is 0.155 e. The number of carbonyl (C=O) groups is 1. The van der Waals surface area contributed by atoms with Gasteiger partial charge in [-0.15, -0.1) is 0 Å². The molecule has 1 aliphatic rings. The highest BCUT2D eigenvalue weighted by molar-refractivity contribution is 5.87. The van der Waals surface area contributed by atoms with E-state index in [9.17, 15) is 4.79 Å². The highest BCUT2D eigenvalue weighted by Crippen LogP contribution is 2.21. The minimum absolute atomic E-state index is 0.0165. The number of aromatic nitrogens is 4. The number of Topliss-reactive ketones (excluding diaryl/α,β-unsaturated/α-hetero) is 1. The van der Waals surface area contributed by atoms with Gasteiger partial charge < -0.3 is 5.32 Å². The standard InChI is InChI=1S/C18H19N5O/c1-23-11-13(10-21-23)15-5-4-12-9-20-14(7-17(12)22-15)8-18(24)16-3-2-6-19-16/h4-5,7,9-11,16,19H,2-3,6,8H2,1H3/t16-/m1/s1. The molecular weight excluding hydrogens is 302 g/mol. The highest BCUT2D eigenvalue weighted by Gasteiger charge is 2.22. The number of nitrogens with one attached hydrogen (secondary N) is 1. The number of aryl methyl sites for hydroxylation is 1.